The predicted molar refractivity (Wildman–Crippen MR) is 82.5 cm³/mol. The molecule has 1 fully saturated rings. The first-order chi connectivity index (χ1) is 10.3. The fourth-order valence-electron chi connectivity index (χ4n) is 2.20. The monoisotopic (exact) mass is 303 g/mol. The van der Waals surface area contributed by atoms with Gasteiger partial charge in [-0.05, 0) is 42.6 Å². The van der Waals surface area contributed by atoms with Crippen LogP contribution >= 0.6 is 11.3 Å². The van der Waals surface area contributed by atoms with E-state index >= 15 is 0 Å². The molecule has 0 amide bonds. The van der Waals surface area contributed by atoms with Gasteiger partial charge in [0.05, 0.1) is 11.6 Å². The molecule has 2 aromatic rings. The van der Waals surface area contributed by atoms with Gasteiger partial charge in [-0.25, -0.2) is 4.68 Å². The first kappa shape index (κ1) is 14.0. The molecule has 0 radical (unpaired) electrons. The Bertz CT molecular complexity index is 613. The van der Waals surface area contributed by atoms with Crippen molar-refractivity contribution in [1.29, 1.82) is 0 Å². The van der Waals surface area contributed by atoms with E-state index in [1.807, 2.05) is 35.9 Å². The van der Waals surface area contributed by atoms with Crippen LogP contribution in [0.15, 0.2) is 29.8 Å². The van der Waals surface area contributed by atoms with E-state index in [2.05, 4.69) is 16.5 Å². The zero-order chi connectivity index (χ0) is 14.5. The summed E-state index contributed by atoms with van der Waals surface area (Å²) in [5.74, 6) is -0.162. The number of aromatic nitrogens is 2. The fraction of sp³-hybridized carbons (Fsp3) is 0.333. The van der Waals surface area contributed by atoms with Crippen molar-refractivity contribution in [2.24, 2.45) is 5.92 Å². The molecule has 6 heteroatoms. The Hall–Kier alpha value is -1.92. The Morgan fingerprint density at radius 1 is 1.52 bits per heavy atom. The van der Waals surface area contributed by atoms with Crippen molar-refractivity contribution in [2.75, 3.05) is 13.1 Å². The maximum Gasteiger partial charge on any atom is 0.312 e. The summed E-state index contributed by atoms with van der Waals surface area (Å²) in [5.41, 5.74) is 0.849. The molecule has 1 aliphatic rings. The minimum Gasteiger partial charge on any atom is -0.442 e. The second-order valence-electron chi connectivity index (χ2n) is 4.91. The molecular formula is C15H17N3O2S. The van der Waals surface area contributed by atoms with Crippen LogP contribution in [-0.4, -0.2) is 28.8 Å². The minimum atomic E-state index is -0.147. The summed E-state index contributed by atoms with van der Waals surface area (Å²) in [4.78, 5) is 13.0. The van der Waals surface area contributed by atoms with E-state index in [0.717, 1.165) is 18.7 Å². The smallest absolute Gasteiger partial charge is 0.312 e. The number of hydrogen-bond acceptors (Lipinski definition) is 5. The number of nitrogens with one attached hydrogen (secondary N) is 1. The SMILES string of the molecule is O=C(OCn1ccc(/C=C/c2cccs2)n1)C1CCNC1. The normalized spacial score (nSPS) is 18.4. The standard InChI is InChI=1S/C15H17N3O2S/c19-15(12-5-7-16-10-12)20-11-18-8-6-13(17-18)3-4-14-2-1-9-21-14/h1-4,6,8-9,12,16H,5,7,10-11H2/b4-3+. The van der Waals surface area contributed by atoms with Gasteiger partial charge in [0.2, 0.25) is 0 Å². The van der Waals surface area contributed by atoms with E-state index < -0.39 is 0 Å². The number of rotatable bonds is 5. The highest BCUT2D eigenvalue weighted by Crippen LogP contribution is 2.13. The molecule has 1 saturated heterocycles. The highest BCUT2D eigenvalue weighted by molar-refractivity contribution is 7.10. The molecule has 0 saturated carbocycles. The van der Waals surface area contributed by atoms with E-state index in [4.69, 9.17) is 4.74 Å². The summed E-state index contributed by atoms with van der Waals surface area (Å²) in [5, 5.41) is 9.54. The van der Waals surface area contributed by atoms with Gasteiger partial charge in [-0.15, -0.1) is 11.3 Å². The number of carbonyl (C=O) groups is 1. The molecule has 1 N–H and O–H groups in total. The van der Waals surface area contributed by atoms with Gasteiger partial charge in [-0.3, -0.25) is 4.79 Å². The van der Waals surface area contributed by atoms with Crippen LogP contribution in [-0.2, 0) is 16.3 Å². The van der Waals surface area contributed by atoms with Crippen LogP contribution in [0.25, 0.3) is 12.2 Å². The van der Waals surface area contributed by atoms with Crippen LogP contribution in [0.1, 0.15) is 17.0 Å². The maximum absolute atomic E-state index is 11.8. The van der Waals surface area contributed by atoms with E-state index in [1.54, 1.807) is 16.0 Å². The first-order valence-corrected chi connectivity index (χ1v) is 7.81. The molecule has 3 heterocycles. The number of ether oxygens (including phenoxy) is 1. The third-order valence-electron chi connectivity index (χ3n) is 3.36. The van der Waals surface area contributed by atoms with Gasteiger partial charge in [0.25, 0.3) is 0 Å². The summed E-state index contributed by atoms with van der Waals surface area (Å²) < 4.78 is 6.91. The zero-order valence-electron chi connectivity index (χ0n) is 11.6. The largest absolute Gasteiger partial charge is 0.442 e. The van der Waals surface area contributed by atoms with Gasteiger partial charge in [0, 0.05) is 17.6 Å². The Morgan fingerprint density at radius 3 is 3.24 bits per heavy atom. The number of carbonyl (C=O) groups excluding carboxylic acids is 1. The molecule has 0 spiro atoms. The highest BCUT2D eigenvalue weighted by atomic mass is 32.1. The lowest BCUT2D eigenvalue weighted by Crippen LogP contribution is -2.21. The zero-order valence-corrected chi connectivity index (χ0v) is 12.4. The number of thiophene rings is 1. The van der Waals surface area contributed by atoms with E-state index in [0.29, 0.717) is 6.54 Å². The van der Waals surface area contributed by atoms with Crippen molar-refractivity contribution >= 4 is 29.5 Å². The molecule has 21 heavy (non-hydrogen) atoms. The van der Waals surface area contributed by atoms with Gasteiger partial charge in [-0.1, -0.05) is 6.07 Å². The second-order valence-corrected chi connectivity index (χ2v) is 5.89. The predicted octanol–water partition coefficient (Wildman–Crippen LogP) is 2.23. The fourth-order valence-corrected chi connectivity index (χ4v) is 2.81. The van der Waals surface area contributed by atoms with Crippen LogP contribution in [0.2, 0.25) is 0 Å². The molecule has 1 aliphatic heterocycles. The van der Waals surface area contributed by atoms with Crippen molar-refractivity contribution in [1.82, 2.24) is 15.1 Å². The van der Waals surface area contributed by atoms with Crippen LogP contribution in [0, 0.1) is 5.92 Å². The average molecular weight is 303 g/mol. The molecule has 0 aromatic carbocycles. The maximum atomic E-state index is 11.8. The lowest BCUT2D eigenvalue weighted by Gasteiger charge is -2.08. The second kappa shape index (κ2) is 6.69. The molecule has 3 rings (SSSR count). The summed E-state index contributed by atoms with van der Waals surface area (Å²) in [6, 6.07) is 5.96. The van der Waals surface area contributed by atoms with Crippen LogP contribution in [0.5, 0.6) is 0 Å². The van der Waals surface area contributed by atoms with E-state index in [-0.39, 0.29) is 18.6 Å². The molecule has 1 unspecified atom stereocenters. The molecule has 5 nitrogen and oxygen atoms in total. The Kier molecular flexibility index (Phi) is 4.47. The van der Waals surface area contributed by atoms with Gasteiger partial charge in [0.1, 0.15) is 0 Å². The summed E-state index contributed by atoms with van der Waals surface area (Å²) >= 11 is 1.68. The highest BCUT2D eigenvalue weighted by Gasteiger charge is 2.23. The topological polar surface area (TPSA) is 56.2 Å². The lowest BCUT2D eigenvalue weighted by molar-refractivity contribution is -0.152. The third kappa shape index (κ3) is 3.80. The van der Waals surface area contributed by atoms with Gasteiger partial charge >= 0.3 is 5.97 Å². The average Bonchev–Trinajstić information content (AvgIpc) is 3.24. The van der Waals surface area contributed by atoms with Gasteiger partial charge in [-0.2, -0.15) is 5.10 Å². The van der Waals surface area contributed by atoms with Crippen molar-refractivity contribution in [3.63, 3.8) is 0 Å². The number of hydrogen-bond donors (Lipinski definition) is 1. The Balaban J connectivity index is 1.51. The van der Waals surface area contributed by atoms with Crippen molar-refractivity contribution in [3.8, 4) is 0 Å². The van der Waals surface area contributed by atoms with Gasteiger partial charge in [0.15, 0.2) is 6.73 Å². The van der Waals surface area contributed by atoms with Crippen LogP contribution in [0.3, 0.4) is 0 Å². The summed E-state index contributed by atoms with van der Waals surface area (Å²) in [7, 11) is 0. The molecule has 0 aliphatic carbocycles. The number of nitrogens with zero attached hydrogens (tertiary/aromatic N) is 2. The van der Waals surface area contributed by atoms with E-state index in [1.165, 1.54) is 4.88 Å². The van der Waals surface area contributed by atoms with Crippen molar-refractivity contribution < 1.29 is 9.53 Å². The van der Waals surface area contributed by atoms with Crippen LogP contribution in [0.4, 0.5) is 0 Å². The number of esters is 1. The molecular weight excluding hydrogens is 286 g/mol. The molecule has 0 bridgehead atoms. The van der Waals surface area contributed by atoms with E-state index in [9.17, 15) is 4.79 Å². The quantitative estimate of drug-likeness (QED) is 0.861. The third-order valence-corrected chi connectivity index (χ3v) is 4.19. The molecule has 1 atom stereocenters. The molecule has 110 valence electrons. The summed E-state index contributed by atoms with van der Waals surface area (Å²) in [6.07, 6.45) is 6.64. The van der Waals surface area contributed by atoms with Crippen molar-refractivity contribution in [3.05, 3.63) is 40.3 Å². The Morgan fingerprint density at radius 2 is 2.48 bits per heavy atom. The Labute approximate surface area is 127 Å². The minimum absolute atomic E-state index is 0.0150. The summed E-state index contributed by atoms with van der Waals surface area (Å²) in [6.45, 7) is 1.77. The lowest BCUT2D eigenvalue weighted by atomic mass is 10.1. The van der Waals surface area contributed by atoms with Gasteiger partial charge < -0.3 is 10.1 Å². The first-order valence-electron chi connectivity index (χ1n) is 6.94. The van der Waals surface area contributed by atoms with Crippen LogP contribution < -0.4 is 5.32 Å². The molecule has 2 aromatic heterocycles. The van der Waals surface area contributed by atoms with Crippen molar-refractivity contribution in [2.45, 2.75) is 13.2 Å².